The maximum Gasteiger partial charge on any atom is 0.0897 e. The van der Waals surface area contributed by atoms with Gasteiger partial charge in [-0.05, 0) is 43.6 Å². The molecule has 1 aromatic rings. The van der Waals surface area contributed by atoms with Gasteiger partial charge in [0, 0.05) is 24.4 Å². The molecule has 20 heavy (non-hydrogen) atoms. The molecule has 0 spiro atoms. The van der Waals surface area contributed by atoms with Gasteiger partial charge in [-0.1, -0.05) is 20.8 Å². The predicted octanol–water partition coefficient (Wildman–Crippen LogP) is 2.98. The third-order valence-corrected chi connectivity index (χ3v) is 6.15. The highest BCUT2D eigenvalue weighted by molar-refractivity contribution is 7.09. The highest BCUT2D eigenvalue weighted by Gasteiger charge is 2.40. The summed E-state index contributed by atoms with van der Waals surface area (Å²) in [4.78, 5) is 4.51. The first-order valence-electron chi connectivity index (χ1n) is 7.78. The second-order valence-corrected chi connectivity index (χ2v) is 7.92. The molecule has 3 nitrogen and oxygen atoms in total. The van der Waals surface area contributed by atoms with Gasteiger partial charge in [0.25, 0.3) is 0 Å². The van der Waals surface area contributed by atoms with Gasteiger partial charge in [-0.3, -0.25) is 0 Å². The Hall–Kier alpha value is -0.450. The Balaban J connectivity index is 1.76. The summed E-state index contributed by atoms with van der Waals surface area (Å²) in [6.07, 6.45) is 3.45. The Kier molecular flexibility index (Phi) is 5.21. The molecule has 4 heteroatoms. The third kappa shape index (κ3) is 3.60. The lowest BCUT2D eigenvalue weighted by molar-refractivity contribution is 0.0542. The van der Waals surface area contributed by atoms with Crippen molar-refractivity contribution in [2.45, 2.75) is 53.0 Å². The van der Waals surface area contributed by atoms with Crippen molar-refractivity contribution in [3.8, 4) is 0 Å². The molecule has 0 bridgehead atoms. The molecular formula is C16H29N3S. The Bertz CT molecular complexity index is 427. The van der Waals surface area contributed by atoms with E-state index in [1.807, 2.05) is 0 Å². The van der Waals surface area contributed by atoms with Gasteiger partial charge in [-0.2, -0.15) is 0 Å². The summed E-state index contributed by atoms with van der Waals surface area (Å²) in [6, 6.07) is 0.374. The zero-order valence-electron chi connectivity index (χ0n) is 13.3. The standard InChI is InChI=1S/C16H29N3S/c1-11-15(17)6-5-13(16(11,3)4)9-18-8-7-14-10-20-12(2)19-14/h10-11,13,15,18H,5-9,17H2,1-4H3. The summed E-state index contributed by atoms with van der Waals surface area (Å²) in [5.41, 5.74) is 7.78. The topological polar surface area (TPSA) is 50.9 Å². The van der Waals surface area contributed by atoms with Crippen LogP contribution < -0.4 is 11.1 Å². The highest BCUT2D eigenvalue weighted by Crippen LogP contribution is 2.43. The van der Waals surface area contributed by atoms with E-state index < -0.39 is 0 Å². The smallest absolute Gasteiger partial charge is 0.0897 e. The second-order valence-electron chi connectivity index (χ2n) is 6.86. The van der Waals surface area contributed by atoms with Crippen LogP contribution in [0.3, 0.4) is 0 Å². The van der Waals surface area contributed by atoms with E-state index in [0.29, 0.717) is 17.4 Å². The Morgan fingerprint density at radius 3 is 2.85 bits per heavy atom. The first-order chi connectivity index (χ1) is 9.41. The molecule has 0 saturated heterocycles. The molecule has 3 unspecified atom stereocenters. The molecule has 2 rings (SSSR count). The molecule has 1 aromatic heterocycles. The van der Waals surface area contributed by atoms with Gasteiger partial charge in [0.2, 0.25) is 0 Å². The molecule has 1 heterocycles. The summed E-state index contributed by atoms with van der Waals surface area (Å²) in [5, 5.41) is 6.96. The van der Waals surface area contributed by atoms with Crippen molar-refractivity contribution in [2.24, 2.45) is 23.0 Å². The van der Waals surface area contributed by atoms with E-state index in [2.05, 4.69) is 43.4 Å². The van der Waals surface area contributed by atoms with E-state index in [9.17, 15) is 0 Å². The van der Waals surface area contributed by atoms with Crippen molar-refractivity contribution in [1.29, 1.82) is 0 Å². The van der Waals surface area contributed by atoms with E-state index in [1.165, 1.54) is 18.5 Å². The van der Waals surface area contributed by atoms with Crippen molar-refractivity contribution >= 4 is 11.3 Å². The zero-order valence-corrected chi connectivity index (χ0v) is 14.1. The molecule has 3 N–H and O–H groups in total. The van der Waals surface area contributed by atoms with Crippen LogP contribution in [0.15, 0.2) is 5.38 Å². The van der Waals surface area contributed by atoms with Crippen molar-refractivity contribution in [1.82, 2.24) is 10.3 Å². The van der Waals surface area contributed by atoms with Crippen LogP contribution in [0, 0.1) is 24.2 Å². The molecule has 0 amide bonds. The summed E-state index contributed by atoms with van der Waals surface area (Å²) in [7, 11) is 0. The maximum absolute atomic E-state index is 6.22. The summed E-state index contributed by atoms with van der Waals surface area (Å²) in [5.74, 6) is 1.33. The fraction of sp³-hybridized carbons (Fsp3) is 0.812. The highest BCUT2D eigenvalue weighted by atomic mass is 32.1. The largest absolute Gasteiger partial charge is 0.327 e. The Morgan fingerprint density at radius 1 is 1.45 bits per heavy atom. The van der Waals surface area contributed by atoms with Crippen molar-refractivity contribution in [3.63, 3.8) is 0 Å². The van der Waals surface area contributed by atoms with E-state index in [0.717, 1.165) is 30.4 Å². The fourth-order valence-electron chi connectivity index (χ4n) is 3.32. The maximum atomic E-state index is 6.22. The first kappa shape index (κ1) is 15.9. The fourth-order valence-corrected chi connectivity index (χ4v) is 3.97. The quantitative estimate of drug-likeness (QED) is 0.821. The van der Waals surface area contributed by atoms with Gasteiger partial charge >= 0.3 is 0 Å². The minimum Gasteiger partial charge on any atom is -0.327 e. The summed E-state index contributed by atoms with van der Waals surface area (Å²) >= 11 is 1.74. The lowest BCUT2D eigenvalue weighted by Gasteiger charge is -2.47. The molecule has 1 saturated carbocycles. The lowest BCUT2D eigenvalue weighted by Crippen LogP contribution is -2.49. The third-order valence-electron chi connectivity index (χ3n) is 5.33. The molecule has 0 radical (unpaired) electrons. The van der Waals surface area contributed by atoms with E-state index in [-0.39, 0.29) is 0 Å². The van der Waals surface area contributed by atoms with E-state index in [4.69, 9.17) is 5.73 Å². The number of aryl methyl sites for hydroxylation is 1. The molecule has 3 atom stereocenters. The molecule has 0 aliphatic heterocycles. The van der Waals surface area contributed by atoms with E-state index >= 15 is 0 Å². The average Bonchev–Trinajstić information content (AvgIpc) is 2.80. The minimum absolute atomic E-state index is 0.335. The number of nitrogens with two attached hydrogens (primary N) is 1. The van der Waals surface area contributed by atoms with Crippen molar-refractivity contribution in [2.75, 3.05) is 13.1 Å². The van der Waals surface area contributed by atoms with E-state index in [1.54, 1.807) is 11.3 Å². The minimum atomic E-state index is 0.335. The van der Waals surface area contributed by atoms with Crippen LogP contribution in [0.4, 0.5) is 0 Å². The first-order valence-corrected chi connectivity index (χ1v) is 8.66. The number of nitrogens with one attached hydrogen (secondary N) is 1. The Morgan fingerprint density at radius 2 is 2.20 bits per heavy atom. The number of hydrogen-bond donors (Lipinski definition) is 2. The van der Waals surface area contributed by atoms with Gasteiger partial charge in [0.15, 0.2) is 0 Å². The van der Waals surface area contributed by atoms with Gasteiger partial charge in [-0.15, -0.1) is 11.3 Å². The van der Waals surface area contributed by atoms with Crippen LogP contribution in [0.1, 0.15) is 44.3 Å². The number of thiazole rings is 1. The van der Waals surface area contributed by atoms with Gasteiger partial charge in [0.05, 0.1) is 10.7 Å². The molecular weight excluding hydrogens is 266 g/mol. The molecule has 0 aromatic carbocycles. The van der Waals surface area contributed by atoms with Gasteiger partial charge in [-0.25, -0.2) is 4.98 Å². The van der Waals surface area contributed by atoms with Crippen LogP contribution in [0.5, 0.6) is 0 Å². The monoisotopic (exact) mass is 295 g/mol. The molecule has 1 fully saturated rings. The van der Waals surface area contributed by atoms with Crippen LogP contribution in [-0.4, -0.2) is 24.1 Å². The van der Waals surface area contributed by atoms with Crippen LogP contribution in [0.2, 0.25) is 0 Å². The lowest BCUT2D eigenvalue weighted by atomic mass is 9.61. The Labute approximate surface area is 127 Å². The average molecular weight is 295 g/mol. The zero-order chi connectivity index (χ0) is 14.8. The normalized spacial score (nSPS) is 29.6. The molecule has 114 valence electrons. The van der Waals surface area contributed by atoms with Gasteiger partial charge < -0.3 is 11.1 Å². The van der Waals surface area contributed by atoms with Crippen LogP contribution in [-0.2, 0) is 6.42 Å². The van der Waals surface area contributed by atoms with Crippen LogP contribution >= 0.6 is 11.3 Å². The SMILES string of the molecule is Cc1nc(CCNCC2CCC(N)C(C)C2(C)C)cs1. The number of hydrogen-bond acceptors (Lipinski definition) is 4. The van der Waals surface area contributed by atoms with Crippen molar-refractivity contribution in [3.05, 3.63) is 16.1 Å². The number of nitrogens with zero attached hydrogens (tertiary/aromatic N) is 1. The van der Waals surface area contributed by atoms with Crippen LogP contribution in [0.25, 0.3) is 0 Å². The van der Waals surface area contributed by atoms with Crippen molar-refractivity contribution < 1.29 is 0 Å². The summed E-state index contributed by atoms with van der Waals surface area (Å²) < 4.78 is 0. The van der Waals surface area contributed by atoms with Gasteiger partial charge in [0.1, 0.15) is 0 Å². The second kappa shape index (κ2) is 6.54. The number of aromatic nitrogens is 1. The molecule has 1 aliphatic rings. The molecule has 1 aliphatic carbocycles. The summed E-state index contributed by atoms with van der Waals surface area (Å²) in [6.45, 7) is 11.3. The number of rotatable bonds is 5. The predicted molar refractivity (Wildman–Crippen MR) is 87.1 cm³/mol.